The number of aromatic amines is 1. The number of nitrogens with one attached hydrogen (secondary N) is 2. The largest absolute Gasteiger partial charge is 0.490 e. The van der Waals surface area contributed by atoms with Gasteiger partial charge in [-0.05, 0) is 56.4 Å². The van der Waals surface area contributed by atoms with Crippen LogP contribution in [0.4, 0.5) is 0 Å². The SMILES string of the molecule is Cc1c(OC2CCC(NCc3cccnc3)CC2)ccc2[nH]ncc12. The monoisotopic (exact) mass is 336 g/mol. The molecule has 0 aliphatic heterocycles. The molecule has 3 aromatic rings. The Morgan fingerprint density at radius 2 is 2.04 bits per heavy atom. The van der Waals surface area contributed by atoms with Crippen LogP contribution in [0.25, 0.3) is 10.9 Å². The zero-order valence-electron chi connectivity index (χ0n) is 14.5. The Bertz CT molecular complexity index is 822. The number of hydrogen-bond donors (Lipinski definition) is 2. The summed E-state index contributed by atoms with van der Waals surface area (Å²) in [7, 11) is 0. The van der Waals surface area contributed by atoms with Crippen LogP contribution in [0.1, 0.15) is 36.8 Å². The van der Waals surface area contributed by atoms with Crippen LogP contribution < -0.4 is 10.1 Å². The van der Waals surface area contributed by atoms with Crippen LogP contribution in [0.15, 0.2) is 42.9 Å². The van der Waals surface area contributed by atoms with Crippen LogP contribution in [0, 0.1) is 6.92 Å². The van der Waals surface area contributed by atoms with Crippen molar-refractivity contribution < 1.29 is 4.74 Å². The van der Waals surface area contributed by atoms with E-state index in [-0.39, 0.29) is 0 Å². The lowest BCUT2D eigenvalue weighted by Crippen LogP contribution is -2.36. The number of aromatic nitrogens is 3. The summed E-state index contributed by atoms with van der Waals surface area (Å²) >= 11 is 0. The van der Waals surface area contributed by atoms with E-state index in [1.165, 1.54) is 11.1 Å². The summed E-state index contributed by atoms with van der Waals surface area (Å²) in [6, 6.07) is 8.77. The van der Waals surface area contributed by atoms with Crippen LogP contribution in [0.2, 0.25) is 0 Å². The molecule has 0 amide bonds. The van der Waals surface area contributed by atoms with Crippen molar-refractivity contribution in [1.82, 2.24) is 20.5 Å². The maximum Gasteiger partial charge on any atom is 0.123 e. The van der Waals surface area contributed by atoms with E-state index in [1.807, 2.05) is 30.7 Å². The molecule has 1 fully saturated rings. The smallest absolute Gasteiger partial charge is 0.123 e. The van der Waals surface area contributed by atoms with Gasteiger partial charge < -0.3 is 10.1 Å². The van der Waals surface area contributed by atoms with Crippen molar-refractivity contribution in [3.63, 3.8) is 0 Å². The van der Waals surface area contributed by atoms with E-state index >= 15 is 0 Å². The highest BCUT2D eigenvalue weighted by atomic mass is 16.5. The van der Waals surface area contributed by atoms with E-state index in [9.17, 15) is 0 Å². The minimum Gasteiger partial charge on any atom is -0.490 e. The van der Waals surface area contributed by atoms with Crippen molar-refractivity contribution in [3.05, 3.63) is 54.0 Å². The van der Waals surface area contributed by atoms with E-state index in [0.717, 1.165) is 48.9 Å². The van der Waals surface area contributed by atoms with Gasteiger partial charge in [-0.25, -0.2) is 0 Å². The maximum atomic E-state index is 6.30. The van der Waals surface area contributed by atoms with Crippen LogP contribution in [0.5, 0.6) is 5.75 Å². The number of H-pyrrole nitrogens is 1. The predicted molar refractivity (Wildman–Crippen MR) is 98.6 cm³/mol. The lowest BCUT2D eigenvalue weighted by Gasteiger charge is -2.30. The van der Waals surface area contributed by atoms with Gasteiger partial charge in [0.05, 0.1) is 17.8 Å². The third-order valence-electron chi connectivity index (χ3n) is 5.13. The molecular weight excluding hydrogens is 312 g/mol. The van der Waals surface area contributed by atoms with Gasteiger partial charge in [0.15, 0.2) is 0 Å². The first kappa shape index (κ1) is 16.1. The summed E-state index contributed by atoms with van der Waals surface area (Å²) in [5, 5.41) is 11.9. The molecule has 2 aromatic heterocycles. The van der Waals surface area contributed by atoms with Crippen molar-refractivity contribution >= 4 is 10.9 Å². The van der Waals surface area contributed by atoms with Gasteiger partial charge in [-0.3, -0.25) is 10.1 Å². The lowest BCUT2D eigenvalue weighted by atomic mass is 9.92. The number of hydrogen-bond acceptors (Lipinski definition) is 4. The van der Waals surface area contributed by atoms with Gasteiger partial charge in [0.2, 0.25) is 0 Å². The molecule has 0 radical (unpaired) electrons. The van der Waals surface area contributed by atoms with Gasteiger partial charge in [0.25, 0.3) is 0 Å². The van der Waals surface area contributed by atoms with Gasteiger partial charge in [-0.15, -0.1) is 0 Å². The normalized spacial score (nSPS) is 20.7. The van der Waals surface area contributed by atoms with Crippen molar-refractivity contribution in [2.45, 2.75) is 51.3 Å². The molecule has 0 unspecified atom stereocenters. The zero-order chi connectivity index (χ0) is 17.1. The fourth-order valence-electron chi connectivity index (χ4n) is 3.60. The third-order valence-corrected chi connectivity index (χ3v) is 5.13. The molecule has 1 aliphatic carbocycles. The first-order valence-electron chi connectivity index (χ1n) is 9.01. The molecule has 1 aromatic carbocycles. The Morgan fingerprint density at radius 1 is 1.16 bits per heavy atom. The van der Waals surface area contributed by atoms with Gasteiger partial charge in [-0.2, -0.15) is 5.10 Å². The van der Waals surface area contributed by atoms with Gasteiger partial charge in [-0.1, -0.05) is 6.07 Å². The summed E-state index contributed by atoms with van der Waals surface area (Å²) in [4.78, 5) is 4.17. The second-order valence-electron chi connectivity index (χ2n) is 6.85. The number of rotatable bonds is 5. The summed E-state index contributed by atoms with van der Waals surface area (Å²) in [5.74, 6) is 0.987. The number of fused-ring (bicyclic) bond motifs is 1. The average Bonchev–Trinajstić information content (AvgIpc) is 3.14. The second-order valence-corrected chi connectivity index (χ2v) is 6.85. The molecule has 0 spiro atoms. The maximum absolute atomic E-state index is 6.30. The van der Waals surface area contributed by atoms with E-state index in [4.69, 9.17) is 4.74 Å². The number of benzene rings is 1. The van der Waals surface area contributed by atoms with E-state index in [1.54, 1.807) is 0 Å². The molecule has 130 valence electrons. The molecule has 5 nitrogen and oxygen atoms in total. The van der Waals surface area contributed by atoms with Crippen LogP contribution in [0.3, 0.4) is 0 Å². The Labute approximate surface area is 147 Å². The third kappa shape index (κ3) is 3.66. The van der Waals surface area contributed by atoms with Crippen molar-refractivity contribution in [1.29, 1.82) is 0 Å². The first-order chi connectivity index (χ1) is 12.3. The highest BCUT2D eigenvalue weighted by Crippen LogP contribution is 2.30. The van der Waals surface area contributed by atoms with Crippen molar-refractivity contribution in [3.8, 4) is 5.75 Å². The first-order valence-corrected chi connectivity index (χ1v) is 9.01. The molecule has 2 N–H and O–H groups in total. The molecule has 1 aliphatic rings. The molecule has 4 rings (SSSR count). The highest BCUT2D eigenvalue weighted by molar-refractivity contribution is 5.83. The average molecular weight is 336 g/mol. The molecule has 2 heterocycles. The van der Waals surface area contributed by atoms with Crippen molar-refractivity contribution in [2.75, 3.05) is 0 Å². The minimum absolute atomic E-state index is 0.305. The number of ether oxygens (including phenoxy) is 1. The minimum atomic E-state index is 0.305. The summed E-state index contributed by atoms with van der Waals surface area (Å²) in [5.41, 5.74) is 3.47. The quantitative estimate of drug-likeness (QED) is 0.745. The Kier molecular flexibility index (Phi) is 4.65. The van der Waals surface area contributed by atoms with E-state index in [2.05, 4.69) is 39.6 Å². The Balaban J connectivity index is 1.30. The van der Waals surface area contributed by atoms with Gasteiger partial charge in [0, 0.05) is 35.9 Å². The molecule has 5 heteroatoms. The van der Waals surface area contributed by atoms with Crippen LogP contribution in [-0.4, -0.2) is 27.3 Å². The Hall–Kier alpha value is -2.40. The van der Waals surface area contributed by atoms with Gasteiger partial charge >= 0.3 is 0 Å². The van der Waals surface area contributed by atoms with Crippen molar-refractivity contribution in [2.24, 2.45) is 0 Å². The summed E-state index contributed by atoms with van der Waals surface area (Å²) < 4.78 is 6.30. The highest BCUT2D eigenvalue weighted by Gasteiger charge is 2.22. The molecular formula is C20H24N4O. The van der Waals surface area contributed by atoms with Gasteiger partial charge in [0.1, 0.15) is 5.75 Å². The van der Waals surface area contributed by atoms with E-state index < -0.39 is 0 Å². The second kappa shape index (κ2) is 7.23. The van der Waals surface area contributed by atoms with E-state index in [0.29, 0.717) is 12.1 Å². The molecule has 0 bridgehead atoms. The summed E-state index contributed by atoms with van der Waals surface area (Å²) in [6.07, 6.45) is 10.4. The number of nitrogens with zero attached hydrogens (tertiary/aromatic N) is 2. The molecule has 1 saturated carbocycles. The zero-order valence-corrected chi connectivity index (χ0v) is 14.5. The standard InChI is InChI=1S/C20H24N4O/c1-14-18-13-23-24-19(18)8-9-20(14)25-17-6-4-16(5-7-17)22-12-15-3-2-10-21-11-15/h2-3,8-11,13,16-17,22H,4-7,12H2,1H3,(H,23,24). The Morgan fingerprint density at radius 3 is 2.84 bits per heavy atom. The number of pyridine rings is 1. The summed E-state index contributed by atoms with van der Waals surface area (Å²) in [6.45, 7) is 2.99. The fraction of sp³-hybridized carbons (Fsp3) is 0.400. The predicted octanol–water partition coefficient (Wildman–Crippen LogP) is 3.75. The number of aryl methyl sites for hydroxylation is 1. The molecule has 0 saturated heterocycles. The lowest BCUT2D eigenvalue weighted by molar-refractivity contribution is 0.138. The topological polar surface area (TPSA) is 62.8 Å². The van der Waals surface area contributed by atoms with Crippen LogP contribution >= 0.6 is 0 Å². The van der Waals surface area contributed by atoms with Crippen LogP contribution in [-0.2, 0) is 6.54 Å². The fourth-order valence-corrected chi connectivity index (χ4v) is 3.60. The molecule has 25 heavy (non-hydrogen) atoms. The molecule has 0 atom stereocenters.